The highest BCUT2D eigenvalue weighted by atomic mass is 31.2. The summed E-state index contributed by atoms with van der Waals surface area (Å²) in [6.07, 6.45) is 7.89. The fourth-order valence-electron chi connectivity index (χ4n) is 11.8. The number of aryl methyl sites for hydroxylation is 2. The summed E-state index contributed by atoms with van der Waals surface area (Å²) in [5.41, 5.74) is 15.8. The highest BCUT2D eigenvalue weighted by Crippen LogP contribution is 2.53. The number of phosphoric ester groups is 1. The van der Waals surface area contributed by atoms with Crippen LogP contribution in [0.25, 0.3) is 16.7 Å². The molecule has 360 valence electrons. The third kappa shape index (κ3) is 7.65. The Morgan fingerprint density at radius 1 is 0.913 bits per heavy atom. The van der Waals surface area contributed by atoms with Crippen LogP contribution in [-0.2, 0) is 44.0 Å². The van der Waals surface area contributed by atoms with E-state index in [9.17, 15) is 29.3 Å². The second kappa shape index (κ2) is 17.5. The smallest absolute Gasteiger partial charge is 0.472 e. The molecule has 12 rings (SSSR count). The summed E-state index contributed by atoms with van der Waals surface area (Å²) < 4.78 is 39.5. The van der Waals surface area contributed by atoms with E-state index in [4.69, 9.17) is 24.3 Å². The van der Waals surface area contributed by atoms with Crippen molar-refractivity contribution in [3.05, 3.63) is 91.7 Å². The van der Waals surface area contributed by atoms with Gasteiger partial charge in [-0.25, -0.2) is 28.9 Å². The fraction of sp³-hybridized carbons (Fsp3) is 0.469. The Bertz CT molecular complexity index is 3150. The Morgan fingerprint density at radius 2 is 1.70 bits per heavy atom. The summed E-state index contributed by atoms with van der Waals surface area (Å²) in [5.74, 6) is 0.798. The number of imidazole rings is 1. The second-order valence-corrected chi connectivity index (χ2v) is 20.5. The lowest BCUT2D eigenvalue weighted by atomic mass is 9.81. The first kappa shape index (κ1) is 44.3. The van der Waals surface area contributed by atoms with E-state index in [0.717, 1.165) is 125 Å². The molecule has 0 aliphatic carbocycles. The minimum atomic E-state index is -4.34. The number of aliphatic hydroxyl groups excluding tert-OH is 1. The van der Waals surface area contributed by atoms with E-state index < -0.39 is 38.3 Å². The molecule has 5 atom stereocenters. The molecule has 5 aromatic rings. The molecule has 2 saturated heterocycles. The number of aromatic nitrogens is 4. The van der Waals surface area contributed by atoms with E-state index in [2.05, 4.69) is 47.2 Å². The quantitative estimate of drug-likeness (QED) is 0.0581. The highest BCUT2D eigenvalue weighted by molar-refractivity contribution is 7.47. The van der Waals surface area contributed by atoms with Gasteiger partial charge in [-0.2, -0.15) is 0 Å². The monoisotopic (exact) mass is 960 g/mol. The number of aromatic carboxylic acids is 1. The van der Waals surface area contributed by atoms with Crippen molar-refractivity contribution in [1.29, 1.82) is 0 Å². The van der Waals surface area contributed by atoms with Crippen molar-refractivity contribution in [3.63, 3.8) is 0 Å². The molecule has 0 saturated carbocycles. The lowest BCUT2D eigenvalue weighted by Crippen LogP contribution is -2.45. The van der Waals surface area contributed by atoms with Crippen molar-refractivity contribution >= 4 is 53.9 Å². The van der Waals surface area contributed by atoms with E-state index in [1.54, 1.807) is 22.8 Å². The number of nitrogens with one attached hydrogen (secondary N) is 2. The Kier molecular flexibility index (Phi) is 11.2. The molecule has 7 aliphatic heterocycles. The van der Waals surface area contributed by atoms with Gasteiger partial charge in [0.15, 0.2) is 23.2 Å². The molecule has 9 heterocycles. The van der Waals surface area contributed by atoms with E-state index in [1.807, 2.05) is 0 Å². The van der Waals surface area contributed by atoms with Crippen LogP contribution in [-0.4, -0.2) is 111 Å². The number of nitrogen functional groups attached to an aromatic ring is 1. The Hall–Kier alpha value is -5.95. The average molecular weight is 961 g/mol. The van der Waals surface area contributed by atoms with Gasteiger partial charge < -0.3 is 45.8 Å². The largest absolute Gasteiger partial charge is 0.478 e. The van der Waals surface area contributed by atoms with Crippen LogP contribution in [0, 0.1) is 0 Å². The number of anilines is 3. The molecule has 7 N–H and O–H groups in total. The van der Waals surface area contributed by atoms with Gasteiger partial charge in [-0.3, -0.25) is 18.4 Å². The molecule has 0 bridgehead atoms. The molecule has 0 radical (unpaired) electrons. The molecule has 3 aromatic carbocycles. The number of ether oxygens (including phenoxy) is 2. The van der Waals surface area contributed by atoms with Gasteiger partial charge in [0, 0.05) is 77.8 Å². The molecule has 7 aliphatic rings. The van der Waals surface area contributed by atoms with Crippen LogP contribution in [0.5, 0.6) is 11.5 Å². The minimum absolute atomic E-state index is 0.137. The molecule has 69 heavy (non-hydrogen) atoms. The zero-order valence-electron chi connectivity index (χ0n) is 38.1. The van der Waals surface area contributed by atoms with Crippen molar-refractivity contribution in [2.75, 3.05) is 61.8 Å². The third-order valence-corrected chi connectivity index (χ3v) is 15.9. The number of carbonyl (C=O) groups excluding carboxylic acids is 1. The molecule has 2 fully saturated rings. The number of amides is 1. The first-order chi connectivity index (χ1) is 33.5. The average Bonchev–Trinajstić information content (AvgIpc) is 3.87. The second-order valence-electron chi connectivity index (χ2n) is 19.1. The van der Waals surface area contributed by atoms with Crippen molar-refractivity contribution in [2.24, 2.45) is 0 Å². The topological polar surface area (TPSA) is 249 Å². The van der Waals surface area contributed by atoms with Gasteiger partial charge in [0.25, 0.3) is 5.91 Å². The third-order valence-electron chi connectivity index (χ3n) is 14.9. The molecule has 1 unspecified atom stereocenters. The Balaban J connectivity index is 0.768. The predicted molar refractivity (Wildman–Crippen MR) is 253 cm³/mol. The molecule has 19 nitrogen and oxygen atoms in total. The highest BCUT2D eigenvalue weighted by Gasteiger charge is 2.53. The van der Waals surface area contributed by atoms with Crippen LogP contribution in [0.2, 0.25) is 0 Å². The summed E-state index contributed by atoms with van der Waals surface area (Å²) >= 11 is 0. The maximum absolute atomic E-state index is 14.0. The predicted octanol–water partition coefficient (Wildman–Crippen LogP) is 3.72. The van der Waals surface area contributed by atoms with Gasteiger partial charge >= 0.3 is 13.8 Å². The van der Waals surface area contributed by atoms with Crippen molar-refractivity contribution in [1.82, 2.24) is 29.4 Å². The van der Waals surface area contributed by atoms with Gasteiger partial charge in [0.05, 0.1) is 17.7 Å². The minimum Gasteiger partial charge on any atom is -0.478 e. The lowest BCUT2D eigenvalue weighted by molar-refractivity contribution is -0.0659. The zero-order valence-corrected chi connectivity index (χ0v) is 39.0. The maximum Gasteiger partial charge on any atom is 0.472 e. The number of nitrogens with two attached hydrogens (primary N) is 1. The number of carboxylic acids is 1. The van der Waals surface area contributed by atoms with Crippen LogP contribution in [0.1, 0.15) is 112 Å². The first-order valence-corrected chi connectivity index (χ1v) is 25.8. The Labute approximate surface area is 396 Å². The Morgan fingerprint density at radius 3 is 2.54 bits per heavy atom. The van der Waals surface area contributed by atoms with Crippen molar-refractivity contribution in [3.8, 4) is 11.5 Å². The number of carboxylic acid groups (broad SMARTS) is 1. The molecule has 1 amide bonds. The number of hydrogen-bond acceptors (Lipinski definition) is 14. The number of fused-ring (bicyclic) bond motifs is 6. The molecular formula is C49H55N9O10P+. The summed E-state index contributed by atoms with van der Waals surface area (Å²) in [7, 11) is -4.34. The molecule has 2 aromatic heterocycles. The molecule has 20 heteroatoms. The summed E-state index contributed by atoms with van der Waals surface area (Å²) in [6, 6.07) is 9.46. The standard InChI is InChI=1S/C49H54N9O10P/c50-44-37-45(54-25-53-44)58(47-40(59)43-35(66-47)24-65-69(63,64)68-43)49(55-37)52-16-4-2-1-3-15-51-46(60)28-13-14-29(48(61)62)32(23-28)36-33-21-26-9-5-17-56-19-7-11-30(38(26)56)41(33)67-42-31-12-8-20-57-18-6-10-27(39(31)57)22-34(36)42/h13-14,21-23,25,35,40,43,47,59H,1-12,15-20,24H2,(H5-,50,51,52,53,54,55,60,61,62,63,64)/p+1/t35-,40-,43-,47-/m1/s1. The van der Waals surface area contributed by atoms with Gasteiger partial charge in [0.1, 0.15) is 49.2 Å². The van der Waals surface area contributed by atoms with Crippen LogP contribution >= 0.6 is 7.82 Å². The van der Waals surface area contributed by atoms with Crippen LogP contribution < -0.4 is 41.2 Å². The number of aliphatic hydroxyl groups is 1. The van der Waals surface area contributed by atoms with Crippen molar-refractivity contribution < 1.29 is 47.8 Å². The van der Waals surface area contributed by atoms with E-state index in [1.165, 1.54) is 39.6 Å². The normalized spacial score (nSPS) is 24.2. The maximum atomic E-state index is 14.0. The van der Waals surface area contributed by atoms with Gasteiger partial charge in [-0.15, -0.1) is 0 Å². The number of phosphoric acid groups is 1. The summed E-state index contributed by atoms with van der Waals surface area (Å²) in [6.45, 7) is 4.76. The first-order valence-electron chi connectivity index (χ1n) is 24.3. The van der Waals surface area contributed by atoms with E-state index >= 15 is 0 Å². The molecule has 0 spiro atoms. The van der Waals surface area contributed by atoms with Crippen molar-refractivity contribution in [2.45, 2.75) is 102 Å². The fourth-order valence-corrected chi connectivity index (χ4v) is 12.8. The number of nitrogens with zero attached hydrogens (tertiary/aromatic N) is 6. The van der Waals surface area contributed by atoms with Crippen LogP contribution in [0.15, 0.2) is 36.7 Å². The van der Waals surface area contributed by atoms with Crippen LogP contribution in [0.3, 0.4) is 0 Å². The number of benzene rings is 3. The summed E-state index contributed by atoms with van der Waals surface area (Å²) in [4.78, 5) is 52.5. The molecular weight excluding hydrogens is 906 g/mol. The van der Waals surface area contributed by atoms with Gasteiger partial charge in [0.2, 0.25) is 11.3 Å². The number of unbranched alkanes of at least 4 members (excludes halogenated alkanes) is 3. The lowest BCUT2D eigenvalue weighted by Gasteiger charge is -2.39. The number of hydrogen-bond donors (Lipinski definition) is 6. The zero-order chi connectivity index (χ0) is 47.1. The van der Waals surface area contributed by atoms with Crippen LogP contribution in [0.4, 0.5) is 17.5 Å². The van der Waals surface area contributed by atoms with E-state index in [-0.39, 0.29) is 23.9 Å². The van der Waals surface area contributed by atoms with Gasteiger partial charge in [-0.1, -0.05) is 12.8 Å². The van der Waals surface area contributed by atoms with E-state index in [0.29, 0.717) is 47.7 Å². The summed E-state index contributed by atoms with van der Waals surface area (Å²) in [5, 5.41) is 30.6. The number of carbonyl (C=O) groups is 2. The SMILES string of the molecule is Nc1ncnc2c1nc(NCCCCCCNC(=O)c1ccc(C(=O)O)c(C3=c4cc5c6c(c4Oc4c3cc3c7c4CCCN7CCC3)CCC[N+]=6CCC5)c1)n2[C@@H]1O[C@@H]2COP(=O)(O)O[C@H]2[C@H]1O. The number of rotatable bonds is 12. The van der Waals surface area contributed by atoms with Gasteiger partial charge in [-0.05, 0) is 92.8 Å².